The summed E-state index contributed by atoms with van der Waals surface area (Å²) in [6.07, 6.45) is 2.84. The van der Waals surface area contributed by atoms with E-state index in [1.807, 2.05) is 30.3 Å². The van der Waals surface area contributed by atoms with Gasteiger partial charge in [0, 0.05) is 5.56 Å². The van der Waals surface area contributed by atoms with Gasteiger partial charge in [-0.3, -0.25) is 0 Å². The van der Waals surface area contributed by atoms with E-state index in [4.69, 9.17) is 9.15 Å². The first kappa shape index (κ1) is 15.1. The Hall–Kier alpha value is -2.25. The first-order valence-corrected chi connectivity index (χ1v) is 10.3. The van der Waals surface area contributed by atoms with Crippen molar-refractivity contribution in [3.63, 3.8) is 0 Å². The van der Waals surface area contributed by atoms with Gasteiger partial charge in [0.2, 0.25) is 0 Å². The summed E-state index contributed by atoms with van der Waals surface area (Å²) in [6, 6.07) is 11.3. The number of carbonyl (C=O) groups is 1. The van der Waals surface area contributed by atoms with Gasteiger partial charge in [-0.1, -0.05) is 49.7 Å². The monoisotopic (exact) mass is 298 g/mol. The van der Waals surface area contributed by atoms with E-state index in [0.717, 1.165) is 5.56 Å². The quantitative estimate of drug-likeness (QED) is 0.492. The van der Waals surface area contributed by atoms with Gasteiger partial charge in [0.15, 0.2) is 0 Å². The Kier molecular flexibility index (Phi) is 4.66. The van der Waals surface area contributed by atoms with Crippen molar-refractivity contribution >= 4 is 14.0 Å². The lowest BCUT2D eigenvalue weighted by Gasteiger charge is -2.23. The second-order valence-corrected chi connectivity index (χ2v) is 11.1. The number of hydrogen-bond acceptors (Lipinski definition) is 3. The average Bonchev–Trinajstić information content (AvgIpc) is 2.97. The van der Waals surface area contributed by atoms with Crippen LogP contribution in [0.3, 0.4) is 0 Å². The van der Waals surface area contributed by atoms with Crippen LogP contribution in [0.4, 0.5) is 0 Å². The van der Waals surface area contributed by atoms with Gasteiger partial charge in [-0.05, 0) is 18.2 Å². The standard InChI is InChI=1S/C17H18O3Si/c1-21(2,3)16(10-9-14-7-5-4-6-8-14)20-17(18)15-11-12-19-13-15/h4-8,11-13,16H,1-3H3. The maximum absolute atomic E-state index is 12.0. The van der Waals surface area contributed by atoms with Crippen molar-refractivity contribution < 1.29 is 13.9 Å². The number of benzene rings is 1. The van der Waals surface area contributed by atoms with Gasteiger partial charge < -0.3 is 9.15 Å². The largest absolute Gasteiger partial charge is 0.472 e. The molecular weight excluding hydrogens is 280 g/mol. The summed E-state index contributed by atoms with van der Waals surface area (Å²) in [5.74, 6) is 5.80. The van der Waals surface area contributed by atoms with E-state index in [0.29, 0.717) is 5.56 Å². The van der Waals surface area contributed by atoms with Gasteiger partial charge in [0.25, 0.3) is 0 Å². The molecule has 0 saturated carbocycles. The van der Waals surface area contributed by atoms with Gasteiger partial charge in [-0.2, -0.15) is 0 Å². The maximum atomic E-state index is 12.0. The van der Waals surface area contributed by atoms with Crippen LogP contribution in [0.5, 0.6) is 0 Å². The molecule has 0 aliphatic carbocycles. The third-order valence-corrected chi connectivity index (χ3v) is 4.73. The predicted molar refractivity (Wildman–Crippen MR) is 84.6 cm³/mol. The van der Waals surface area contributed by atoms with Crippen LogP contribution in [-0.2, 0) is 4.74 Å². The van der Waals surface area contributed by atoms with Gasteiger partial charge >= 0.3 is 5.97 Å². The van der Waals surface area contributed by atoms with E-state index in [9.17, 15) is 4.79 Å². The van der Waals surface area contributed by atoms with E-state index in [2.05, 4.69) is 31.5 Å². The molecule has 1 atom stereocenters. The number of rotatable bonds is 3. The molecule has 4 heteroatoms. The van der Waals surface area contributed by atoms with Crippen LogP contribution < -0.4 is 0 Å². The third kappa shape index (κ3) is 4.37. The molecule has 0 bridgehead atoms. The molecule has 0 saturated heterocycles. The predicted octanol–water partition coefficient (Wildman–Crippen LogP) is 3.73. The van der Waals surface area contributed by atoms with Crippen molar-refractivity contribution in [1.82, 2.24) is 0 Å². The molecule has 0 amide bonds. The molecule has 0 N–H and O–H groups in total. The Morgan fingerprint density at radius 3 is 2.48 bits per heavy atom. The highest BCUT2D eigenvalue weighted by Gasteiger charge is 2.29. The SMILES string of the molecule is C[Si](C)(C)C(C#Cc1ccccc1)OC(=O)c1ccoc1. The number of carbonyl (C=O) groups excluding carboxylic acids is 1. The minimum Gasteiger partial charge on any atom is -0.472 e. The maximum Gasteiger partial charge on any atom is 0.342 e. The molecule has 3 nitrogen and oxygen atoms in total. The van der Waals surface area contributed by atoms with Crippen LogP contribution in [0.25, 0.3) is 0 Å². The van der Waals surface area contributed by atoms with Crippen LogP contribution in [0.15, 0.2) is 53.3 Å². The highest BCUT2D eigenvalue weighted by Crippen LogP contribution is 2.14. The van der Waals surface area contributed by atoms with Gasteiger partial charge in [0.1, 0.15) is 20.1 Å². The molecular formula is C17H18O3Si. The van der Waals surface area contributed by atoms with Crippen molar-refractivity contribution in [2.24, 2.45) is 0 Å². The van der Waals surface area contributed by atoms with Crippen molar-refractivity contribution in [1.29, 1.82) is 0 Å². The zero-order valence-electron chi connectivity index (χ0n) is 12.4. The van der Waals surface area contributed by atoms with Crippen molar-refractivity contribution in [2.75, 3.05) is 0 Å². The van der Waals surface area contributed by atoms with Crippen molar-refractivity contribution in [3.8, 4) is 11.8 Å². The zero-order chi connectivity index (χ0) is 15.3. The van der Waals surface area contributed by atoms with E-state index in [-0.39, 0.29) is 5.73 Å². The van der Waals surface area contributed by atoms with E-state index in [1.54, 1.807) is 6.07 Å². The fourth-order valence-corrected chi connectivity index (χ4v) is 2.61. The Morgan fingerprint density at radius 1 is 1.19 bits per heavy atom. The fourth-order valence-electron chi connectivity index (χ4n) is 1.65. The molecule has 0 fully saturated rings. The third-order valence-electron chi connectivity index (χ3n) is 2.89. The summed E-state index contributed by atoms with van der Waals surface area (Å²) in [7, 11) is -1.76. The number of esters is 1. The molecule has 21 heavy (non-hydrogen) atoms. The first-order valence-electron chi connectivity index (χ1n) is 6.76. The van der Waals surface area contributed by atoms with Gasteiger partial charge in [0.05, 0.1) is 11.8 Å². The molecule has 2 rings (SSSR count). The average molecular weight is 298 g/mol. The van der Waals surface area contributed by atoms with Crippen molar-refractivity contribution in [3.05, 3.63) is 60.1 Å². The first-order chi connectivity index (χ1) is 9.97. The lowest BCUT2D eigenvalue weighted by atomic mass is 10.2. The molecule has 2 aromatic rings. The Morgan fingerprint density at radius 2 is 1.90 bits per heavy atom. The molecule has 0 aliphatic rings. The molecule has 108 valence electrons. The summed E-state index contributed by atoms with van der Waals surface area (Å²) >= 11 is 0. The molecule has 0 aliphatic heterocycles. The fraction of sp³-hybridized carbons (Fsp3) is 0.235. The number of hydrogen-bond donors (Lipinski definition) is 0. The van der Waals surface area contributed by atoms with Gasteiger partial charge in [-0.15, -0.1) is 0 Å². The Labute approximate surface area is 125 Å². The topological polar surface area (TPSA) is 39.4 Å². The molecule has 1 unspecified atom stereocenters. The van der Waals surface area contributed by atoms with E-state index >= 15 is 0 Å². The van der Waals surface area contributed by atoms with Crippen LogP contribution in [0.1, 0.15) is 15.9 Å². The minimum absolute atomic E-state index is 0.361. The lowest BCUT2D eigenvalue weighted by Crippen LogP contribution is -2.40. The van der Waals surface area contributed by atoms with Gasteiger partial charge in [-0.25, -0.2) is 4.79 Å². The van der Waals surface area contributed by atoms with Crippen LogP contribution >= 0.6 is 0 Å². The van der Waals surface area contributed by atoms with Crippen LogP contribution in [-0.4, -0.2) is 19.8 Å². The Bertz CT molecular complexity index is 643. The summed E-state index contributed by atoms with van der Waals surface area (Å²) < 4.78 is 10.5. The summed E-state index contributed by atoms with van der Waals surface area (Å²) in [4.78, 5) is 12.0. The molecule has 0 radical (unpaired) electrons. The molecule has 1 aromatic heterocycles. The zero-order valence-corrected chi connectivity index (χ0v) is 13.4. The van der Waals surface area contributed by atoms with E-state index < -0.39 is 14.0 Å². The second-order valence-electron chi connectivity index (χ2n) is 5.80. The normalized spacial score (nSPS) is 12.1. The smallest absolute Gasteiger partial charge is 0.342 e. The van der Waals surface area contributed by atoms with Crippen LogP contribution in [0.2, 0.25) is 19.6 Å². The minimum atomic E-state index is -1.76. The summed E-state index contributed by atoms with van der Waals surface area (Å²) in [6.45, 7) is 6.37. The Balaban J connectivity index is 2.17. The lowest BCUT2D eigenvalue weighted by molar-refractivity contribution is 0.0498. The van der Waals surface area contributed by atoms with Crippen LogP contribution in [0, 0.1) is 11.8 Å². The highest BCUT2D eigenvalue weighted by atomic mass is 28.3. The summed E-state index contributed by atoms with van der Waals surface area (Å²) in [5.41, 5.74) is 0.972. The molecule has 0 spiro atoms. The number of ether oxygens (including phenoxy) is 1. The number of furan rings is 1. The second kappa shape index (κ2) is 6.46. The molecule has 1 aromatic carbocycles. The summed E-state index contributed by atoms with van der Waals surface area (Å²) in [5, 5.41) is 0. The van der Waals surface area contributed by atoms with Crippen molar-refractivity contribution in [2.45, 2.75) is 25.4 Å². The molecule has 1 heterocycles. The highest BCUT2D eigenvalue weighted by molar-refractivity contribution is 6.78. The van der Waals surface area contributed by atoms with E-state index in [1.165, 1.54) is 12.5 Å².